The van der Waals surface area contributed by atoms with Gasteiger partial charge in [0.2, 0.25) is 10.0 Å². The summed E-state index contributed by atoms with van der Waals surface area (Å²) in [4.78, 5) is 24.7. The average Bonchev–Trinajstić information content (AvgIpc) is 2.87. The maximum Gasteiger partial charge on any atom is 0.339 e. The molecule has 3 aromatic rings. The third-order valence-corrected chi connectivity index (χ3v) is 7.89. The van der Waals surface area contributed by atoms with Crippen LogP contribution in [0.1, 0.15) is 23.2 Å². The van der Waals surface area contributed by atoms with Crippen LogP contribution in [0.3, 0.4) is 0 Å². The summed E-state index contributed by atoms with van der Waals surface area (Å²) in [5, 5.41) is 1.88. The van der Waals surface area contributed by atoms with Gasteiger partial charge in [-0.2, -0.15) is 4.31 Å². The summed E-state index contributed by atoms with van der Waals surface area (Å²) in [6.45, 7) is 0.291. The van der Waals surface area contributed by atoms with Crippen molar-refractivity contribution in [3.05, 3.63) is 66.2 Å². The predicted octanol–water partition coefficient (Wildman–Crippen LogP) is 3.64. The zero-order valence-corrected chi connectivity index (χ0v) is 19.7. The zero-order valence-electron chi connectivity index (χ0n) is 18.9. The molecule has 9 heteroatoms. The molecule has 0 radical (unpaired) electrons. The first-order chi connectivity index (χ1) is 16.3. The van der Waals surface area contributed by atoms with E-state index in [2.05, 4.69) is 0 Å². The van der Waals surface area contributed by atoms with E-state index in [1.165, 1.54) is 23.5 Å². The summed E-state index contributed by atoms with van der Waals surface area (Å²) in [6, 6.07) is 17.0. The molecule has 0 amide bonds. The maximum absolute atomic E-state index is 13.2. The number of benzene rings is 3. The van der Waals surface area contributed by atoms with Gasteiger partial charge in [0.25, 0.3) is 0 Å². The summed E-state index contributed by atoms with van der Waals surface area (Å²) in [7, 11) is -1.13. The quantitative estimate of drug-likeness (QED) is 0.390. The Morgan fingerprint density at radius 1 is 0.882 bits per heavy atom. The zero-order chi connectivity index (χ0) is 24.3. The molecule has 0 saturated carbocycles. The van der Waals surface area contributed by atoms with Gasteiger partial charge in [-0.3, -0.25) is 4.79 Å². The second kappa shape index (κ2) is 9.82. The van der Waals surface area contributed by atoms with E-state index in [0.717, 1.165) is 10.8 Å². The average molecular weight is 484 g/mol. The number of methoxy groups -OCH3 is 2. The molecule has 1 aliphatic heterocycles. The van der Waals surface area contributed by atoms with Gasteiger partial charge in [-0.25, -0.2) is 13.2 Å². The number of rotatable bonds is 6. The lowest BCUT2D eigenvalue weighted by Gasteiger charge is -2.30. The highest BCUT2D eigenvalue weighted by Crippen LogP contribution is 2.29. The summed E-state index contributed by atoms with van der Waals surface area (Å²) in [6.07, 6.45) is 0.639. The Balaban J connectivity index is 1.43. The molecule has 0 N–H and O–H groups in total. The lowest BCUT2D eigenvalue weighted by atomic mass is 9.98. The van der Waals surface area contributed by atoms with E-state index in [-0.39, 0.29) is 23.5 Å². The first-order valence-electron chi connectivity index (χ1n) is 10.8. The van der Waals surface area contributed by atoms with Gasteiger partial charge in [-0.1, -0.05) is 24.3 Å². The van der Waals surface area contributed by atoms with E-state index in [1.54, 1.807) is 31.4 Å². The van der Waals surface area contributed by atoms with Crippen molar-refractivity contribution in [3.8, 4) is 11.5 Å². The monoisotopic (exact) mass is 483 g/mol. The molecular formula is C25H25NO7S. The first kappa shape index (κ1) is 23.7. The Labute approximate surface area is 198 Å². The fourth-order valence-electron chi connectivity index (χ4n) is 4.03. The molecule has 0 aromatic heterocycles. The van der Waals surface area contributed by atoms with Crippen molar-refractivity contribution in [2.75, 3.05) is 27.3 Å². The van der Waals surface area contributed by atoms with Crippen LogP contribution in [-0.4, -0.2) is 52.0 Å². The molecule has 3 aromatic carbocycles. The van der Waals surface area contributed by atoms with Gasteiger partial charge in [0.05, 0.1) is 30.6 Å². The molecule has 1 heterocycles. The molecule has 0 bridgehead atoms. The van der Waals surface area contributed by atoms with Gasteiger partial charge >= 0.3 is 11.9 Å². The van der Waals surface area contributed by atoms with Gasteiger partial charge in [0.15, 0.2) is 0 Å². The number of ether oxygens (including phenoxy) is 3. The lowest BCUT2D eigenvalue weighted by molar-refractivity contribution is -0.140. The van der Waals surface area contributed by atoms with Gasteiger partial charge < -0.3 is 14.2 Å². The van der Waals surface area contributed by atoms with Crippen molar-refractivity contribution >= 4 is 32.7 Å². The highest BCUT2D eigenvalue weighted by atomic mass is 32.2. The molecular weight excluding hydrogens is 458 g/mol. The number of sulfonamides is 1. The number of hydrogen-bond donors (Lipinski definition) is 0. The Hall–Kier alpha value is -3.43. The van der Waals surface area contributed by atoms with E-state index in [4.69, 9.17) is 14.2 Å². The molecule has 1 aliphatic rings. The topological polar surface area (TPSA) is 99.2 Å². The maximum atomic E-state index is 13.2. The van der Waals surface area contributed by atoms with Gasteiger partial charge in [-0.05, 0) is 60.0 Å². The summed E-state index contributed by atoms with van der Waals surface area (Å²) < 4.78 is 43.2. The number of carbonyl (C=O) groups is 2. The number of hydrogen-bond acceptors (Lipinski definition) is 7. The van der Waals surface area contributed by atoms with Crippen LogP contribution in [-0.2, 0) is 19.6 Å². The fraction of sp³-hybridized carbons (Fsp3) is 0.280. The molecule has 0 spiro atoms. The standard InChI is InChI=1S/C25H25NO7S/c1-31-20-9-7-17-8-10-21(16-19(17)15-20)33-24(27)18-11-13-26(14-12-18)34(29,30)23-6-4-3-5-22(23)25(28)32-2/h3-10,15-16,18H,11-14H2,1-2H3. The van der Waals surface area contributed by atoms with Crippen molar-refractivity contribution in [1.82, 2.24) is 4.31 Å². The molecule has 0 unspecified atom stereocenters. The van der Waals surface area contributed by atoms with E-state index < -0.39 is 27.9 Å². The molecule has 0 atom stereocenters. The normalized spacial score (nSPS) is 15.1. The van der Waals surface area contributed by atoms with Crippen molar-refractivity contribution in [2.24, 2.45) is 5.92 Å². The first-order valence-corrected chi connectivity index (χ1v) is 12.2. The van der Waals surface area contributed by atoms with Crippen LogP contribution in [0, 0.1) is 5.92 Å². The molecule has 0 aliphatic carbocycles. The van der Waals surface area contributed by atoms with E-state index in [0.29, 0.717) is 24.3 Å². The van der Waals surface area contributed by atoms with Crippen LogP contribution in [0.2, 0.25) is 0 Å². The second-order valence-corrected chi connectivity index (χ2v) is 9.87. The molecule has 34 heavy (non-hydrogen) atoms. The Kier molecular flexibility index (Phi) is 6.85. The SMILES string of the molecule is COC(=O)c1ccccc1S(=O)(=O)N1CCC(C(=O)Oc2ccc3ccc(OC)cc3c2)CC1. The minimum Gasteiger partial charge on any atom is -0.497 e. The van der Waals surface area contributed by atoms with Crippen LogP contribution < -0.4 is 9.47 Å². The third kappa shape index (κ3) is 4.76. The summed E-state index contributed by atoms with van der Waals surface area (Å²) in [5.41, 5.74) is -0.0144. The molecule has 178 valence electrons. The Morgan fingerprint density at radius 2 is 1.53 bits per heavy atom. The molecule has 1 fully saturated rings. The molecule has 1 saturated heterocycles. The van der Waals surface area contributed by atoms with Gasteiger partial charge in [0.1, 0.15) is 11.5 Å². The Morgan fingerprint density at radius 3 is 2.21 bits per heavy atom. The van der Waals surface area contributed by atoms with Crippen LogP contribution in [0.4, 0.5) is 0 Å². The molecule has 8 nitrogen and oxygen atoms in total. The van der Waals surface area contributed by atoms with Crippen molar-refractivity contribution < 1.29 is 32.2 Å². The minimum absolute atomic E-state index is 0.0144. The fourth-order valence-corrected chi connectivity index (χ4v) is 5.68. The van der Waals surface area contributed by atoms with Crippen molar-refractivity contribution in [3.63, 3.8) is 0 Å². The Bertz CT molecular complexity index is 1330. The van der Waals surface area contributed by atoms with Crippen molar-refractivity contribution in [1.29, 1.82) is 0 Å². The van der Waals surface area contributed by atoms with Crippen LogP contribution in [0.5, 0.6) is 11.5 Å². The smallest absolute Gasteiger partial charge is 0.339 e. The lowest BCUT2D eigenvalue weighted by Crippen LogP contribution is -2.41. The van der Waals surface area contributed by atoms with E-state index >= 15 is 0 Å². The summed E-state index contributed by atoms with van der Waals surface area (Å²) >= 11 is 0. The molecule has 4 rings (SSSR count). The number of piperidine rings is 1. The summed E-state index contributed by atoms with van der Waals surface area (Å²) in [5.74, 6) is -0.408. The highest BCUT2D eigenvalue weighted by Gasteiger charge is 2.35. The largest absolute Gasteiger partial charge is 0.497 e. The van der Waals surface area contributed by atoms with Crippen LogP contribution >= 0.6 is 0 Å². The number of nitrogens with zero attached hydrogens (tertiary/aromatic N) is 1. The third-order valence-electron chi connectivity index (χ3n) is 5.93. The van der Waals surface area contributed by atoms with Crippen molar-refractivity contribution in [2.45, 2.75) is 17.7 Å². The van der Waals surface area contributed by atoms with Gasteiger partial charge in [-0.15, -0.1) is 0 Å². The van der Waals surface area contributed by atoms with Gasteiger partial charge in [0, 0.05) is 13.1 Å². The highest BCUT2D eigenvalue weighted by molar-refractivity contribution is 7.89. The number of carbonyl (C=O) groups excluding carboxylic acids is 2. The number of esters is 2. The number of fused-ring (bicyclic) bond motifs is 1. The predicted molar refractivity (Wildman–Crippen MR) is 125 cm³/mol. The van der Waals surface area contributed by atoms with E-state index in [9.17, 15) is 18.0 Å². The second-order valence-electron chi connectivity index (χ2n) is 7.96. The minimum atomic E-state index is -3.92. The van der Waals surface area contributed by atoms with Crippen LogP contribution in [0.25, 0.3) is 10.8 Å². The van der Waals surface area contributed by atoms with E-state index in [1.807, 2.05) is 24.3 Å². The van der Waals surface area contributed by atoms with Crippen LogP contribution in [0.15, 0.2) is 65.6 Å².